The summed E-state index contributed by atoms with van der Waals surface area (Å²) < 4.78 is 13.3. The van der Waals surface area contributed by atoms with Gasteiger partial charge in [0.1, 0.15) is 11.5 Å². The predicted molar refractivity (Wildman–Crippen MR) is 102 cm³/mol. The van der Waals surface area contributed by atoms with Crippen LogP contribution in [0, 0.1) is 11.7 Å². The minimum atomic E-state index is -0.396. The third-order valence-corrected chi connectivity index (χ3v) is 4.93. The van der Waals surface area contributed by atoms with E-state index in [1.165, 1.54) is 12.1 Å². The number of benzene rings is 2. The summed E-state index contributed by atoms with van der Waals surface area (Å²) in [6.07, 6.45) is 1.46. The number of para-hydroxylation sites is 1. The molecule has 138 valence electrons. The van der Waals surface area contributed by atoms with Crippen LogP contribution in [0.3, 0.4) is 0 Å². The molecule has 1 aliphatic heterocycles. The minimum Gasteiger partial charge on any atom is -0.351 e. The molecule has 2 amide bonds. The Labute approximate surface area is 156 Å². The van der Waals surface area contributed by atoms with Crippen molar-refractivity contribution in [3.05, 3.63) is 66.1 Å². The lowest BCUT2D eigenvalue weighted by molar-refractivity contribution is -0.121. The summed E-state index contributed by atoms with van der Waals surface area (Å²) in [7, 11) is 0. The van der Waals surface area contributed by atoms with Crippen LogP contribution < -0.4 is 5.32 Å². The van der Waals surface area contributed by atoms with E-state index in [2.05, 4.69) is 10.3 Å². The highest BCUT2D eigenvalue weighted by Gasteiger charge is 2.29. The first-order valence-electron chi connectivity index (χ1n) is 9.03. The number of H-pyrrole nitrogens is 1. The molecule has 2 aromatic carbocycles. The fraction of sp³-hybridized carbons (Fsp3) is 0.238. The maximum Gasteiger partial charge on any atom is 0.270 e. The number of nitrogens with zero attached hydrogens (tertiary/aromatic N) is 1. The molecular formula is C21H20FN3O2. The number of piperidine rings is 1. The zero-order valence-corrected chi connectivity index (χ0v) is 14.7. The van der Waals surface area contributed by atoms with Gasteiger partial charge in [0.2, 0.25) is 5.91 Å². The molecule has 0 saturated carbocycles. The average Bonchev–Trinajstić information content (AvgIpc) is 3.12. The van der Waals surface area contributed by atoms with E-state index in [9.17, 15) is 14.0 Å². The Morgan fingerprint density at radius 1 is 1.11 bits per heavy atom. The van der Waals surface area contributed by atoms with Crippen molar-refractivity contribution in [2.24, 2.45) is 5.92 Å². The van der Waals surface area contributed by atoms with E-state index in [1.54, 1.807) is 17.0 Å². The van der Waals surface area contributed by atoms with Gasteiger partial charge in [0.25, 0.3) is 5.91 Å². The highest BCUT2D eigenvalue weighted by Crippen LogP contribution is 2.22. The number of hydrogen-bond donors (Lipinski definition) is 2. The van der Waals surface area contributed by atoms with Crippen LogP contribution in [0.5, 0.6) is 0 Å². The molecule has 0 bridgehead atoms. The second-order valence-electron chi connectivity index (χ2n) is 6.86. The van der Waals surface area contributed by atoms with Crippen LogP contribution in [-0.4, -0.2) is 34.8 Å². The van der Waals surface area contributed by atoms with Crippen molar-refractivity contribution in [3.63, 3.8) is 0 Å². The largest absolute Gasteiger partial charge is 0.351 e. The Bertz CT molecular complexity index is 965. The fourth-order valence-electron chi connectivity index (χ4n) is 3.55. The Balaban J connectivity index is 1.45. The van der Waals surface area contributed by atoms with E-state index >= 15 is 0 Å². The Hall–Kier alpha value is -3.15. The van der Waals surface area contributed by atoms with Crippen LogP contribution >= 0.6 is 0 Å². The number of anilines is 1. The van der Waals surface area contributed by atoms with Gasteiger partial charge in [-0.2, -0.15) is 0 Å². The number of fused-ring (bicyclic) bond motifs is 1. The number of aromatic amines is 1. The molecule has 1 saturated heterocycles. The number of likely N-dealkylation sites (tertiary alicyclic amines) is 1. The van der Waals surface area contributed by atoms with Gasteiger partial charge in [-0.3, -0.25) is 9.59 Å². The fourth-order valence-corrected chi connectivity index (χ4v) is 3.55. The van der Waals surface area contributed by atoms with Crippen LogP contribution in [0.15, 0.2) is 54.6 Å². The van der Waals surface area contributed by atoms with Crippen molar-refractivity contribution in [1.82, 2.24) is 9.88 Å². The molecule has 1 aliphatic rings. The highest BCUT2D eigenvalue weighted by molar-refractivity contribution is 5.99. The number of nitrogens with one attached hydrogen (secondary N) is 2. The molecule has 0 aliphatic carbocycles. The maximum absolute atomic E-state index is 13.3. The monoisotopic (exact) mass is 365 g/mol. The molecule has 1 aromatic heterocycles. The van der Waals surface area contributed by atoms with Gasteiger partial charge in [-0.15, -0.1) is 0 Å². The van der Waals surface area contributed by atoms with Gasteiger partial charge in [-0.1, -0.05) is 24.3 Å². The van der Waals surface area contributed by atoms with Crippen molar-refractivity contribution in [2.75, 3.05) is 18.4 Å². The molecule has 5 nitrogen and oxygen atoms in total. The first-order chi connectivity index (χ1) is 13.1. The molecule has 6 heteroatoms. The van der Waals surface area contributed by atoms with Crippen LogP contribution in [0.4, 0.5) is 10.1 Å². The Morgan fingerprint density at radius 3 is 2.78 bits per heavy atom. The average molecular weight is 365 g/mol. The third kappa shape index (κ3) is 3.69. The van der Waals surface area contributed by atoms with Crippen LogP contribution in [-0.2, 0) is 4.79 Å². The molecule has 3 aromatic rings. The summed E-state index contributed by atoms with van der Waals surface area (Å²) in [4.78, 5) is 30.3. The molecular weight excluding hydrogens is 345 g/mol. The smallest absolute Gasteiger partial charge is 0.270 e. The number of hydrogen-bond acceptors (Lipinski definition) is 2. The predicted octanol–water partition coefficient (Wildman–Crippen LogP) is 3.80. The van der Waals surface area contributed by atoms with Crippen molar-refractivity contribution < 1.29 is 14.0 Å². The number of carbonyl (C=O) groups excluding carboxylic acids is 2. The van der Waals surface area contributed by atoms with E-state index in [0.717, 1.165) is 17.3 Å². The summed E-state index contributed by atoms with van der Waals surface area (Å²) in [6, 6.07) is 15.4. The van der Waals surface area contributed by atoms with Crippen molar-refractivity contribution in [1.29, 1.82) is 0 Å². The van der Waals surface area contributed by atoms with Gasteiger partial charge in [0, 0.05) is 29.7 Å². The van der Waals surface area contributed by atoms with Crippen LogP contribution in [0.25, 0.3) is 10.9 Å². The van der Waals surface area contributed by atoms with Gasteiger partial charge in [0.15, 0.2) is 0 Å². The number of carbonyl (C=O) groups is 2. The summed E-state index contributed by atoms with van der Waals surface area (Å²) in [6.45, 7) is 0.979. The maximum atomic E-state index is 13.3. The van der Waals surface area contributed by atoms with Gasteiger partial charge >= 0.3 is 0 Å². The first kappa shape index (κ1) is 17.3. The number of halogens is 1. The van der Waals surface area contributed by atoms with E-state index in [0.29, 0.717) is 30.9 Å². The summed E-state index contributed by atoms with van der Waals surface area (Å²) in [5, 5.41) is 3.73. The molecule has 27 heavy (non-hydrogen) atoms. The summed E-state index contributed by atoms with van der Waals surface area (Å²) in [5.74, 6) is -0.994. The summed E-state index contributed by atoms with van der Waals surface area (Å²) >= 11 is 0. The zero-order valence-electron chi connectivity index (χ0n) is 14.7. The summed E-state index contributed by atoms with van der Waals surface area (Å²) in [5.41, 5.74) is 1.87. The van der Waals surface area contributed by atoms with Gasteiger partial charge < -0.3 is 15.2 Å². The van der Waals surface area contributed by atoms with E-state index < -0.39 is 5.82 Å². The molecule has 2 N–H and O–H groups in total. The second-order valence-corrected chi connectivity index (χ2v) is 6.86. The minimum absolute atomic E-state index is 0.102. The normalized spacial score (nSPS) is 17.1. The topological polar surface area (TPSA) is 65.2 Å². The molecule has 4 rings (SSSR count). The molecule has 0 radical (unpaired) electrons. The molecule has 1 atom stereocenters. The van der Waals surface area contributed by atoms with Crippen molar-refractivity contribution >= 4 is 28.4 Å². The third-order valence-electron chi connectivity index (χ3n) is 4.93. The lowest BCUT2D eigenvalue weighted by Crippen LogP contribution is -2.43. The van der Waals surface area contributed by atoms with Crippen molar-refractivity contribution in [2.45, 2.75) is 12.8 Å². The van der Waals surface area contributed by atoms with E-state index in [4.69, 9.17) is 0 Å². The number of amides is 2. The lowest BCUT2D eigenvalue weighted by atomic mass is 9.96. The number of rotatable bonds is 3. The zero-order chi connectivity index (χ0) is 18.8. The molecule has 1 fully saturated rings. The number of aromatic nitrogens is 1. The Kier molecular flexibility index (Phi) is 4.62. The van der Waals surface area contributed by atoms with Crippen molar-refractivity contribution in [3.8, 4) is 0 Å². The highest BCUT2D eigenvalue weighted by atomic mass is 19.1. The van der Waals surface area contributed by atoms with Gasteiger partial charge in [-0.25, -0.2) is 4.39 Å². The van der Waals surface area contributed by atoms with Crippen LogP contribution in [0.1, 0.15) is 23.3 Å². The SMILES string of the molecule is O=C(Nc1cccc(F)c1)[C@H]1CCCN(C(=O)c2cc3ccccc3[nH]2)C1. The van der Waals surface area contributed by atoms with Crippen LogP contribution in [0.2, 0.25) is 0 Å². The molecule has 0 unspecified atom stereocenters. The van der Waals surface area contributed by atoms with Gasteiger partial charge in [-0.05, 0) is 43.2 Å². The van der Waals surface area contributed by atoms with E-state index in [1.807, 2.05) is 30.3 Å². The molecule has 0 spiro atoms. The van der Waals surface area contributed by atoms with Gasteiger partial charge in [0.05, 0.1) is 5.92 Å². The first-order valence-corrected chi connectivity index (χ1v) is 9.03. The van der Waals surface area contributed by atoms with E-state index in [-0.39, 0.29) is 17.7 Å². The quantitative estimate of drug-likeness (QED) is 0.741. The second kappa shape index (κ2) is 7.23. The standard InChI is InChI=1S/C21H20FN3O2/c22-16-7-3-8-17(12-16)23-20(26)15-6-4-10-25(13-15)21(27)19-11-14-5-1-2-9-18(14)24-19/h1-3,5,7-9,11-12,15,24H,4,6,10,13H2,(H,23,26)/t15-/m0/s1. The Morgan fingerprint density at radius 2 is 1.96 bits per heavy atom. The lowest BCUT2D eigenvalue weighted by Gasteiger charge is -2.31. The molecule has 2 heterocycles.